The summed E-state index contributed by atoms with van der Waals surface area (Å²) in [7, 11) is 0. The van der Waals surface area contributed by atoms with Gasteiger partial charge in [0.25, 0.3) is 0 Å². The van der Waals surface area contributed by atoms with Crippen LogP contribution in [0, 0.1) is 0 Å². The Labute approximate surface area is 90.0 Å². The molecule has 1 rings (SSSR count). The van der Waals surface area contributed by atoms with Gasteiger partial charge in [-0.3, -0.25) is 9.59 Å². The summed E-state index contributed by atoms with van der Waals surface area (Å²) in [5.74, 6) is -0.202. The summed E-state index contributed by atoms with van der Waals surface area (Å²) in [5, 5.41) is 2.74. The predicted molar refractivity (Wildman–Crippen MR) is 57.1 cm³/mol. The lowest BCUT2D eigenvalue weighted by Gasteiger charge is -2.29. The standard InChI is InChI=1S/C10H19N3O2/c1-2-5-12-9(14)7-13-6-3-4-8(11)10(13)15/h8H,2-7,11H2,1H3,(H,12,14)/t8-/m1/s1. The summed E-state index contributed by atoms with van der Waals surface area (Å²) >= 11 is 0. The summed E-state index contributed by atoms with van der Waals surface area (Å²) < 4.78 is 0. The summed E-state index contributed by atoms with van der Waals surface area (Å²) in [6.07, 6.45) is 2.51. The molecule has 0 spiro atoms. The lowest BCUT2D eigenvalue weighted by atomic mass is 10.1. The third-order valence-electron chi connectivity index (χ3n) is 2.48. The lowest BCUT2D eigenvalue weighted by molar-refractivity contribution is -0.139. The van der Waals surface area contributed by atoms with E-state index in [1.165, 1.54) is 0 Å². The van der Waals surface area contributed by atoms with Crippen molar-refractivity contribution < 1.29 is 9.59 Å². The summed E-state index contributed by atoms with van der Waals surface area (Å²) in [6.45, 7) is 3.44. The maximum atomic E-state index is 11.6. The molecule has 0 saturated carbocycles. The number of nitrogens with zero attached hydrogens (tertiary/aromatic N) is 1. The molecule has 1 fully saturated rings. The molecule has 0 aromatic rings. The van der Waals surface area contributed by atoms with E-state index in [1.807, 2.05) is 6.92 Å². The molecule has 0 radical (unpaired) electrons. The molecule has 86 valence electrons. The van der Waals surface area contributed by atoms with Gasteiger partial charge in [0.15, 0.2) is 0 Å². The molecule has 0 aromatic carbocycles. The van der Waals surface area contributed by atoms with Crippen molar-refractivity contribution in [1.29, 1.82) is 0 Å². The van der Waals surface area contributed by atoms with Gasteiger partial charge in [-0.25, -0.2) is 0 Å². The van der Waals surface area contributed by atoms with Gasteiger partial charge < -0.3 is 16.0 Å². The molecule has 0 unspecified atom stereocenters. The molecule has 2 amide bonds. The average Bonchev–Trinajstić information content (AvgIpc) is 2.22. The lowest BCUT2D eigenvalue weighted by Crippen LogP contribution is -2.51. The number of hydrogen-bond donors (Lipinski definition) is 2. The van der Waals surface area contributed by atoms with E-state index in [9.17, 15) is 9.59 Å². The monoisotopic (exact) mass is 213 g/mol. The highest BCUT2D eigenvalue weighted by Gasteiger charge is 2.26. The van der Waals surface area contributed by atoms with Crippen molar-refractivity contribution in [3.63, 3.8) is 0 Å². The number of likely N-dealkylation sites (tertiary alicyclic amines) is 1. The van der Waals surface area contributed by atoms with E-state index in [0.717, 1.165) is 19.3 Å². The molecule has 5 nitrogen and oxygen atoms in total. The quantitative estimate of drug-likeness (QED) is 0.658. The third-order valence-corrected chi connectivity index (χ3v) is 2.48. The smallest absolute Gasteiger partial charge is 0.239 e. The first-order chi connectivity index (χ1) is 7.15. The van der Waals surface area contributed by atoms with Gasteiger partial charge in [0.2, 0.25) is 11.8 Å². The molecule has 0 aliphatic carbocycles. The number of carbonyl (C=O) groups is 2. The van der Waals surface area contributed by atoms with E-state index in [4.69, 9.17) is 5.73 Å². The Morgan fingerprint density at radius 2 is 2.40 bits per heavy atom. The zero-order valence-corrected chi connectivity index (χ0v) is 9.16. The summed E-state index contributed by atoms with van der Waals surface area (Å²) in [4.78, 5) is 24.5. The molecule has 1 aliphatic heterocycles. The average molecular weight is 213 g/mol. The van der Waals surface area contributed by atoms with E-state index >= 15 is 0 Å². The number of nitrogens with one attached hydrogen (secondary N) is 1. The van der Waals surface area contributed by atoms with Crippen LogP contribution >= 0.6 is 0 Å². The first-order valence-electron chi connectivity index (χ1n) is 5.46. The van der Waals surface area contributed by atoms with Crippen molar-refractivity contribution in [2.75, 3.05) is 19.6 Å². The highest BCUT2D eigenvalue weighted by Crippen LogP contribution is 2.08. The molecule has 5 heteroatoms. The minimum absolute atomic E-state index is 0.0979. The second-order valence-corrected chi connectivity index (χ2v) is 3.86. The van der Waals surface area contributed by atoms with Crippen LogP contribution in [0.3, 0.4) is 0 Å². The normalized spacial score (nSPS) is 21.6. The Balaban J connectivity index is 2.36. The number of piperidine rings is 1. The molecular weight excluding hydrogens is 194 g/mol. The molecule has 0 bridgehead atoms. The largest absolute Gasteiger partial charge is 0.355 e. The Bertz CT molecular complexity index is 243. The Morgan fingerprint density at radius 1 is 1.67 bits per heavy atom. The van der Waals surface area contributed by atoms with E-state index in [-0.39, 0.29) is 18.4 Å². The van der Waals surface area contributed by atoms with Crippen molar-refractivity contribution >= 4 is 11.8 Å². The zero-order chi connectivity index (χ0) is 11.3. The molecule has 1 aliphatic rings. The van der Waals surface area contributed by atoms with Gasteiger partial charge in [-0.05, 0) is 19.3 Å². The highest BCUT2D eigenvalue weighted by molar-refractivity contribution is 5.87. The molecule has 1 atom stereocenters. The maximum absolute atomic E-state index is 11.6. The van der Waals surface area contributed by atoms with Crippen LogP contribution in [0.5, 0.6) is 0 Å². The minimum atomic E-state index is -0.419. The van der Waals surface area contributed by atoms with E-state index in [2.05, 4.69) is 5.32 Å². The second kappa shape index (κ2) is 5.70. The number of hydrogen-bond acceptors (Lipinski definition) is 3. The van der Waals surface area contributed by atoms with Crippen LogP contribution in [-0.2, 0) is 9.59 Å². The fourth-order valence-corrected chi connectivity index (χ4v) is 1.62. The van der Waals surface area contributed by atoms with Crippen molar-refractivity contribution in [2.24, 2.45) is 5.73 Å². The predicted octanol–water partition coefficient (Wildman–Crippen LogP) is -0.538. The molecule has 3 N–H and O–H groups in total. The number of amides is 2. The van der Waals surface area contributed by atoms with Gasteiger partial charge in [-0.1, -0.05) is 6.92 Å². The summed E-state index contributed by atoms with van der Waals surface area (Å²) in [5.41, 5.74) is 5.62. The van der Waals surface area contributed by atoms with Crippen LogP contribution in [-0.4, -0.2) is 42.4 Å². The van der Waals surface area contributed by atoms with Crippen LogP contribution < -0.4 is 11.1 Å². The molecule has 1 saturated heterocycles. The number of rotatable bonds is 4. The van der Waals surface area contributed by atoms with Gasteiger partial charge in [0, 0.05) is 13.1 Å². The fraction of sp³-hybridized carbons (Fsp3) is 0.800. The topological polar surface area (TPSA) is 75.4 Å². The van der Waals surface area contributed by atoms with Gasteiger partial charge in [-0.15, -0.1) is 0 Å². The zero-order valence-electron chi connectivity index (χ0n) is 9.16. The Morgan fingerprint density at radius 3 is 3.07 bits per heavy atom. The van der Waals surface area contributed by atoms with Gasteiger partial charge in [0.1, 0.15) is 0 Å². The van der Waals surface area contributed by atoms with Crippen molar-refractivity contribution in [3.05, 3.63) is 0 Å². The minimum Gasteiger partial charge on any atom is -0.355 e. The van der Waals surface area contributed by atoms with E-state index in [0.29, 0.717) is 13.1 Å². The van der Waals surface area contributed by atoms with Crippen LogP contribution in [0.2, 0.25) is 0 Å². The van der Waals surface area contributed by atoms with Crippen LogP contribution in [0.25, 0.3) is 0 Å². The number of nitrogens with two attached hydrogens (primary N) is 1. The van der Waals surface area contributed by atoms with Gasteiger partial charge in [-0.2, -0.15) is 0 Å². The molecule has 15 heavy (non-hydrogen) atoms. The van der Waals surface area contributed by atoms with E-state index < -0.39 is 6.04 Å². The Kier molecular flexibility index (Phi) is 4.55. The second-order valence-electron chi connectivity index (χ2n) is 3.86. The van der Waals surface area contributed by atoms with Crippen LogP contribution in [0.1, 0.15) is 26.2 Å². The van der Waals surface area contributed by atoms with Crippen molar-refractivity contribution in [2.45, 2.75) is 32.2 Å². The van der Waals surface area contributed by atoms with Crippen molar-refractivity contribution in [3.8, 4) is 0 Å². The van der Waals surface area contributed by atoms with Gasteiger partial charge >= 0.3 is 0 Å². The maximum Gasteiger partial charge on any atom is 0.239 e. The molecule has 0 aromatic heterocycles. The first-order valence-corrected chi connectivity index (χ1v) is 5.46. The Hall–Kier alpha value is -1.10. The van der Waals surface area contributed by atoms with Crippen LogP contribution in [0.4, 0.5) is 0 Å². The SMILES string of the molecule is CCCNC(=O)CN1CCC[C@@H](N)C1=O. The molecular formula is C10H19N3O2. The summed E-state index contributed by atoms with van der Waals surface area (Å²) in [6, 6.07) is -0.419. The van der Waals surface area contributed by atoms with Crippen LogP contribution in [0.15, 0.2) is 0 Å². The van der Waals surface area contributed by atoms with Gasteiger partial charge in [0.05, 0.1) is 12.6 Å². The van der Waals surface area contributed by atoms with Crippen molar-refractivity contribution in [1.82, 2.24) is 10.2 Å². The highest BCUT2D eigenvalue weighted by atomic mass is 16.2. The fourth-order valence-electron chi connectivity index (χ4n) is 1.62. The first kappa shape index (κ1) is 12.0. The van der Waals surface area contributed by atoms with E-state index in [1.54, 1.807) is 4.90 Å². The molecule has 1 heterocycles. The third kappa shape index (κ3) is 3.51. The number of carbonyl (C=O) groups excluding carboxylic acids is 2.